The van der Waals surface area contributed by atoms with Gasteiger partial charge >= 0.3 is 11.9 Å². The lowest BCUT2D eigenvalue weighted by atomic mass is 10.2. The second-order valence-corrected chi connectivity index (χ2v) is 4.21. The summed E-state index contributed by atoms with van der Waals surface area (Å²) in [6.07, 6.45) is 1.19. The second-order valence-electron chi connectivity index (χ2n) is 4.21. The molecule has 0 saturated heterocycles. The second kappa shape index (κ2) is 11.2. The molecule has 0 saturated carbocycles. The Morgan fingerprint density at radius 1 is 1.15 bits per heavy atom. The van der Waals surface area contributed by atoms with Crippen molar-refractivity contribution in [3.05, 3.63) is 0 Å². The van der Waals surface area contributed by atoms with E-state index in [-0.39, 0.29) is 31.9 Å². The Kier molecular flexibility index (Phi) is 10.3. The first-order valence-electron chi connectivity index (χ1n) is 6.65. The van der Waals surface area contributed by atoms with Gasteiger partial charge in [0.2, 0.25) is 5.91 Å². The SMILES string of the molecule is CCOC(=O)CN(CCOC)C(=O)CCCCC(=O)O. The van der Waals surface area contributed by atoms with Crippen LogP contribution >= 0.6 is 0 Å². The number of hydrogen-bond donors (Lipinski definition) is 1. The number of amides is 1. The summed E-state index contributed by atoms with van der Waals surface area (Å²) in [5.74, 6) is -1.52. The molecule has 116 valence electrons. The van der Waals surface area contributed by atoms with Gasteiger partial charge in [0.25, 0.3) is 0 Å². The van der Waals surface area contributed by atoms with Crippen LogP contribution in [0.4, 0.5) is 0 Å². The minimum Gasteiger partial charge on any atom is -0.481 e. The molecule has 0 aromatic carbocycles. The largest absolute Gasteiger partial charge is 0.481 e. The van der Waals surface area contributed by atoms with Gasteiger partial charge in [-0.25, -0.2) is 0 Å². The third-order valence-electron chi connectivity index (χ3n) is 2.57. The molecule has 0 aliphatic carbocycles. The van der Waals surface area contributed by atoms with Crippen LogP contribution in [0.5, 0.6) is 0 Å². The molecule has 0 rings (SSSR count). The highest BCUT2D eigenvalue weighted by Gasteiger charge is 2.17. The van der Waals surface area contributed by atoms with Crippen molar-refractivity contribution in [3.63, 3.8) is 0 Å². The summed E-state index contributed by atoms with van der Waals surface area (Å²) in [5.41, 5.74) is 0. The van der Waals surface area contributed by atoms with Crippen LogP contribution in [-0.4, -0.2) is 61.3 Å². The van der Waals surface area contributed by atoms with Crippen LogP contribution in [-0.2, 0) is 23.9 Å². The molecule has 0 heterocycles. The topological polar surface area (TPSA) is 93.1 Å². The van der Waals surface area contributed by atoms with Gasteiger partial charge < -0.3 is 19.5 Å². The Balaban J connectivity index is 4.19. The van der Waals surface area contributed by atoms with Crippen molar-refractivity contribution in [3.8, 4) is 0 Å². The van der Waals surface area contributed by atoms with Crippen molar-refractivity contribution < 1.29 is 29.0 Å². The maximum absolute atomic E-state index is 11.9. The molecule has 1 amide bonds. The van der Waals surface area contributed by atoms with Gasteiger partial charge in [0, 0.05) is 26.5 Å². The number of methoxy groups -OCH3 is 1. The fourth-order valence-electron chi connectivity index (χ4n) is 1.57. The lowest BCUT2D eigenvalue weighted by molar-refractivity contribution is -0.149. The molecular weight excluding hydrogens is 266 g/mol. The Morgan fingerprint density at radius 3 is 2.35 bits per heavy atom. The van der Waals surface area contributed by atoms with Crippen LogP contribution in [0.15, 0.2) is 0 Å². The normalized spacial score (nSPS) is 10.1. The van der Waals surface area contributed by atoms with E-state index in [0.29, 0.717) is 26.0 Å². The fraction of sp³-hybridized carbons (Fsp3) is 0.769. The van der Waals surface area contributed by atoms with Crippen molar-refractivity contribution in [2.75, 3.05) is 33.4 Å². The maximum atomic E-state index is 11.9. The fourth-order valence-corrected chi connectivity index (χ4v) is 1.57. The molecule has 7 nitrogen and oxygen atoms in total. The lowest BCUT2D eigenvalue weighted by Crippen LogP contribution is -2.38. The quantitative estimate of drug-likeness (QED) is 0.444. The summed E-state index contributed by atoms with van der Waals surface area (Å²) in [6, 6.07) is 0. The average Bonchev–Trinajstić information content (AvgIpc) is 2.39. The number of unbranched alkanes of at least 4 members (excludes halogenated alkanes) is 1. The van der Waals surface area contributed by atoms with Crippen molar-refractivity contribution in [2.45, 2.75) is 32.6 Å². The molecule has 1 N–H and O–H groups in total. The first-order valence-corrected chi connectivity index (χ1v) is 6.65. The van der Waals surface area contributed by atoms with E-state index in [0.717, 1.165) is 0 Å². The summed E-state index contributed by atoms with van der Waals surface area (Å²) in [4.78, 5) is 35.1. The van der Waals surface area contributed by atoms with Gasteiger partial charge in [-0.15, -0.1) is 0 Å². The molecule has 0 atom stereocenters. The smallest absolute Gasteiger partial charge is 0.325 e. The van der Waals surface area contributed by atoms with Crippen LogP contribution in [0.2, 0.25) is 0 Å². The van der Waals surface area contributed by atoms with Crippen molar-refractivity contribution in [1.29, 1.82) is 0 Å². The Bertz CT molecular complexity index is 318. The maximum Gasteiger partial charge on any atom is 0.325 e. The van der Waals surface area contributed by atoms with Gasteiger partial charge in [0.15, 0.2) is 0 Å². The van der Waals surface area contributed by atoms with Crippen LogP contribution in [0.3, 0.4) is 0 Å². The zero-order valence-electron chi connectivity index (χ0n) is 12.1. The van der Waals surface area contributed by atoms with Crippen molar-refractivity contribution >= 4 is 17.8 Å². The van der Waals surface area contributed by atoms with Crippen LogP contribution in [0.1, 0.15) is 32.6 Å². The molecular formula is C13H23NO6. The van der Waals surface area contributed by atoms with Gasteiger partial charge in [0.1, 0.15) is 6.54 Å². The number of nitrogens with zero attached hydrogens (tertiary/aromatic N) is 1. The van der Waals surface area contributed by atoms with Gasteiger partial charge in [-0.3, -0.25) is 14.4 Å². The molecule has 0 aliphatic heterocycles. The molecule has 0 aromatic rings. The van der Waals surface area contributed by atoms with E-state index in [1.165, 1.54) is 12.0 Å². The molecule has 0 bridgehead atoms. The number of rotatable bonds is 11. The molecule has 0 aromatic heterocycles. The number of carboxylic acid groups (broad SMARTS) is 1. The first-order chi connectivity index (χ1) is 9.51. The standard InChI is InChI=1S/C13H23NO6/c1-3-20-13(18)10-14(8-9-19-2)11(15)6-4-5-7-12(16)17/h3-10H2,1-2H3,(H,16,17). The van der Waals surface area contributed by atoms with E-state index < -0.39 is 11.9 Å². The average molecular weight is 289 g/mol. The molecule has 0 aliphatic rings. The molecule has 0 fully saturated rings. The summed E-state index contributed by atoms with van der Waals surface area (Å²) in [5, 5.41) is 8.51. The van der Waals surface area contributed by atoms with E-state index in [1.807, 2.05) is 0 Å². The van der Waals surface area contributed by atoms with Crippen molar-refractivity contribution in [1.82, 2.24) is 4.90 Å². The number of esters is 1. The molecule has 7 heteroatoms. The predicted molar refractivity (Wildman–Crippen MR) is 71.2 cm³/mol. The van der Waals surface area contributed by atoms with Crippen LogP contribution < -0.4 is 0 Å². The predicted octanol–water partition coefficient (Wildman–Crippen LogP) is 0.670. The molecule has 0 spiro atoms. The van der Waals surface area contributed by atoms with E-state index >= 15 is 0 Å². The van der Waals surface area contributed by atoms with Gasteiger partial charge in [0.05, 0.1) is 13.2 Å². The van der Waals surface area contributed by atoms with Gasteiger partial charge in [-0.1, -0.05) is 0 Å². The Labute approximate surface area is 118 Å². The van der Waals surface area contributed by atoms with Gasteiger partial charge in [-0.05, 0) is 19.8 Å². The van der Waals surface area contributed by atoms with Crippen molar-refractivity contribution in [2.24, 2.45) is 0 Å². The van der Waals surface area contributed by atoms with Crippen LogP contribution in [0, 0.1) is 0 Å². The Hall–Kier alpha value is -1.63. The highest BCUT2D eigenvalue weighted by Crippen LogP contribution is 2.04. The molecule has 0 radical (unpaired) electrons. The number of hydrogen-bond acceptors (Lipinski definition) is 5. The zero-order valence-corrected chi connectivity index (χ0v) is 12.1. The highest BCUT2D eigenvalue weighted by molar-refractivity contribution is 5.82. The number of aliphatic carboxylic acids is 1. The monoisotopic (exact) mass is 289 g/mol. The number of ether oxygens (including phenoxy) is 2. The minimum atomic E-state index is -0.875. The Morgan fingerprint density at radius 2 is 1.80 bits per heavy atom. The van der Waals surface area contributed by atoms with E-state index in [4.69, 9.17) is 14.6 Å². The summed E-state index contributed by atoms with van der Waals surface area (Å²) in [6.45, 7) is 2.51. The summed E-state index contributed by atoms with van der Waals surface area (Å²) in [7, 11) is 1.51. The number of carboxylic acids is 1. The molecule has 0 unspecified atom stereocenters. The van der Waals surface area contributed by atoms with Crippen LogP contribution in [0.25, 0.3) is 0 Å². The highest BCUT2D eigenvalue weighted by atomic mass is 16.5. The zero-order chi connectivity index (χ0) is 15.4. The summed E-state index contributed by atoms with van der Waals surface area (Å²) < 4.78 is 9.71. The third kappa shape index (κ3) is 9.32. The number of carbonyl (C=O) groups is 3. The van der Waals surface area contributed by atoms with E-state index in [1.54, 1.807) is 6.92 Å². The minimum absolute atomic E-state index is 0.0449. The number of carbonyl (C=O) groups excluding carboxylic acids is 2. The van der Waals surface area contributed by atoms with Gasteiger partial charge in [-0.2, -0.15) is 0 Å². The summed E-state index contributed by atoms with van der Waals surface area (Å²) >= 11 is 0. The van der Waals surface area contributed by atoms with E-state index in [9.17, 15) is 14.4 Å². The third-order valence-corrected chi connectivity index (χ3v) is 2.57. The molecule has 20 heavy (non-hydrogen) atoms. The lowest BCUT2D eigenvalue weighted by Gasteiger charge is -2.21. The van der Waals surface area contributed by atoms with E-state index in [2.05, 4.69) is 0 Å². The first kappa shape index (κ1) is 18.4.